The Morgan fingerprint density at radius 2 is 2.07 bits per heavy atom. The molecule has 0 spiro atoms. The van der Waals surface area contributed by atoms with Crippen LogP contribution in [0.3, 0.4) is 0 Å². The molecule has 1 heterocycles. The van der Waals surface area contributed by atoms with Crippen LogP contribution >= 0.6 is 11.6 Å². The largest absolute Gasteiger partial charge is 0.490 e. The number of amides is 1. The van der Waals surface area contributed by atoms with Crippen molar-refractivity contribution < 1.29 is 14.3 Å². The fourth-order valence-corrected chi connectivity index (χ4v) is 2.78. The van der Waals surface area contributed by atoms with Crippen LogP contribution in [0.1, 0.15) is 30.6 Å². The summed E-state index contributed by atoms with van der Waals surface area (Å²) in [6, 6.07) is 10.4. The summed E-state index contributed by atoms with van der Waals surface area (Å²) in [6.45, 7) is 4.79. The van der Waals surface area contributed by atoms with E-state index in [0.29, 0.717) is 41.0 Å². The zero-order chi connectivity index (χ0) is 19.9. The number of ether oxygens (including phenoxy) is 2. The minimum Gasteiger partial charge on any atom is -0.490 e. The number of hydrogen-bond acceptors (Lipinski definition) is 6. The maximum absolute atomic E-state index is 12.7. The molecule has 0 aliphatic carbocycles. The van der Waals surface area contributed by atoms with Crippen LogP contribution in [0.25, 0.3) is 5.69 Å². The van der Waals surface area contributed by atoms with Gasteiger partial charge in [0.1, 0.15) is 6.33 Å². The number of halogens is 1. The third kappa shape index (κ3) is 4.58. The number of rotatable bonds is 8. The molecule has 0 bridgehead atoms. The Balaban J connectivity index is 1.83. The predicted molar refractivity (Wildman–Crippen MR) is 106 cm³/mol. The van der Waals surface area contributed by atoms with Crippen LogP contribution in [-0.2, 0) is 0 Å². The summed E-state index contributed by atoms with van der Waals surface area (Å²) in [6.07, 6.45) is 2.31. The van der Waals surface area contributed by atoms with Gasteiger partial charge in [0, 0.05) is 11.3 Å². The Labute approximate surface area is 167 Å². The average Bonchev–Trinajstić information content (AvgIpc) is 3.22. The number of anilines is 1. The van der Waals surface area contributed by atoms with E-state index in [0.717, 1.165) is 12.1 Å². The van der Waals surface area contributed by atoms with Crippen molar-refractivity contribution in [2.75, 3.05) is 18.5 Å². The number of nitrogens with one attached hydrogen (secondary N) is 1. The van der Waals surface area contributed by atoms with Gasteiger partial charge in [0.2, 0.25) is 0 Å². The summed E-state index contributed by atoms with van der Waals surface area (Å²) >= 11 is 6.34. The maximum Gasteiger partial charge on any atom is 0.255 e. The van der Waals surface area contributed by atoms with Crippen molar-refractivity contribution in [2.45, 2.75) is 20.3 Å². The van der Waals surface area contributed by atoms with Gasteiger partial charge in [-0.1, -0.05) is 24.6 Å². The summed E-state index contributed by atoms with van der Waals surface area (Å²) in [4.78, 5) is 12.7. The van der Waals surface area contributed by atoms with Gasteiger partial charge in [0.15, 0.2) is 11.5 Å². The highest BCUT2D eigenvalue weighted by atomic mass is 35.5. The zero-order valence-corrected chi connectivity index (χ0v) is 16.3. The average molecular weight is 402 g/mol. The minimum absolute atomic E-state index is 0.321. The number of carbonyl (C=O) groups excluding carboxylic acids is 1. The van der Waals surface area contributed by atoms with Crippen molar-refractivity contribution >= 4 is 23.2 Å². The smallest absolute Gasteiger partial charge is 0.255 e. The van der Waals surface area contributed by atoms with Crippen molar-refractivity contribution in [1.82, 2.24) is 20.2 Å². The van der Waals surface area contributed by atoms with E-state index in [9.17, 15) is 4.79 Å². The van der Waals surface area contributed by atoms with Crippen LogP contribution in [0, 0.1) is 0 Å². The Bertz CT molecular complexity index is 947. The zero-order valence-electron chi connectivity index (χ0n) is 15.6. The summed E-state index contributed by atoms with van der Waals surface area (Å²) < 4.78 is 12.8. The number of benzene rings is 2. The molecule has 8 nitrogen and oxygen atoms in total. The molecule has 0 saturated carbocycles. The van der Waals surface area contributed by atoms with Crippen molar-refractivity contribution in [3.8, 4) is 17.2 Å². The van der Waals surface area contributed by atoms with Gasteiger partial charge in [-0.15, -0.1) is 5.10 Å². The first kappa shape index (κ1) is 19.6. The van der Waals surface area contributed by atoms with Crippen molar-refractivity contribution in [3.63, 3.8) is 0 Å². The lowest BCUT2D eigenvalue weighted by Gasteiger charge is -2.15. The number of hydrogen-bond donors (Lipinski definition) is 1. The molecule has 0 unspecified atom stereocenters. The number of nitrogens with zero attached hydrogens (tertiary/aromatic N) is 4. The quantitative estimate of drug-likeness (QED) is 0.618. The fraction of sp³-hybridized carbons (Fsp3) is 0.263. The monoisotopic (exact) mass is 401 g/mol. The highest BCUT2D eigenvalue weighted by molar-refractivity contribution is 6.32. The third-order valence-corrected chi connectivity index (χ3v) is 4.02. The highest BCUT2D eigenvalue weighted by Crippen LogP contribution is 2.37. The Morgan fingerprint density at radius 1 is 1.21 bits per heavy atom. The van der Waals surface area contributed by atoms with E-state index in [2.05, 4.69) is 20.8 Å². The van der Waals surface area contributed by atoms with Crippen LogP contribution in [0.2, 0.25) is 5.02 Å². The van der Waals surface area contributed by atoms with Gasteiger partial charge in [0.25, 0.3) is 5.91 Å². The molecular formula is C19H20ClN5O3. The lowest BCUT2D eigenvalue weighted by Crippen LogP contribution is -2.13. The second-order valence-electron chi connectivity index (χ2n) is 5.83. The SMILES string of the molecule is CCCOc1c(Cl)cc(C(=O)Nc2cccc(-n3cnnn3)c2)cc1OCC. The van der Waals surface area contributed by atoms with Gasteiger partial charge in [-0.3, -0.25) is 4.79 Å². The van der Waals surface area contributed by atoms with Crippen LogP contribution in [-0.4, -0.2) is 39.3 Å². The van der Waals surface area contributed by atoms with Crippen molar-refractivity contribution in [1.29, 1.82) is 0 Å². The molecule has 9 heteroatoms. The highest BCUT2D eigenvalue weighted by Gasteiger charge is 2.16. The van der Waals surface area contributed by atoms with E-state index in [1.54, 1.807) is 30.3 Å². The lowest BCUT2D eigenvalue weighted by atomic mass is 10.1. The maximum atomic E-state index is 12.7. The normalized spacial score (nSPS) is 10.5. The molecule has 0 radical (unpaired) electrons. The number of tetrazole rings is 1. The van der Waals surface area contributed by atoms with E-state index in [1.807, 2.05) is 19.9 Å². The van der Waals surface area contributed by atoms with E-state index < -0.39 is 0 Å². The summed E-state index contributed by atoms with van der Waals surface area (Å²) in [5.74, 6) is 0.567. The first-order chi connectivity index (χ1) is 13.6. The van der Waals surface area contributed by atoms with E-state index in [-0.39, 0.29) is 5.91 Å². The summed E-state index contributed by atoms with van der Waals surface area (Å²) in [5, 5.41) is 14.2. The standard InChI is InChI=1S/C19H20ClN5O3/c1-3-8-28-18-16(20)9-13(10-17(18)27-4-2)19(26)22-14-6-5-7-15(11-14)25-12-21-23-24-25/h5-7,9-12H,3-4,8H2,1-2H3,(H,22,26). The Kier molecular flexibility index (Phi) is 6.44. The van der Waals surface area contributed by atoms with Gasteiger partial charge in [-0.05, 0) is 54.1 Å². The molecular weight excluding hydrogens is 382 g/mol. The second kappa shape index (κ2) is 9.18. The van der Waals surface area contributed by atoms with Gasteiger partial charge in [0.05, 0.1) is 23.9 Å². The van der Waals surface area contributed by atoms with Crippen molar-refractivity contribution in [2.24, 2.45) is 0 Å². The Hall–Kier alpha value is -3.13. The van der Waals surface area contributed by atoms with E-state index >= 15 is 0 Å². The number of carbonyl (C=O) groups is 1. The summed E-state index contributed by atoms with van der Waals surface area (Å²) in [7, 11) is 0. The topological polar surface area (TPSA) is 91.2 Å². The third-order valence-electron chi connectivity index (χ3n) is 3.74. The summed E-state index contributed by atoms with van der Waals surface area (Å²) in [5.41, 5.74) is 1.68. The van der Waals surface area contributed by atoms with Crippen molar-refractivity contribution in [3.05, 3.63) is 53.3 Å². The Morgan fingerprint density at radius 3 is 2.79 bits per heavy atom. The fourth-order valence-electron chi connectivity index (χ4n) is 2.52. The lowest BCUT2D eigenvalue weighted by molar-refractivity contribution is 0.102. The minimum atomic E-state index is -0.321. The molecule has 2 aromatic carbocycles. The molecule has 1 amide bonds. The van der Waals surface area contributed by atoms with Crippen LogP contribution in [0.5, 0.6) is 11.5 Å². The first-order valence-corrected chi connectivity index (χ1v) is 9.24. The molecule has 28 heavy (non-hydrogen) atoms. The molecule has 0 saturated heterocycles. The number of aromatic nitrogens is 4. The van der Waals surface area contributed by atoms with Crippen LogP contribution in [0.4, 0.5) is 5.69 Å². The molecule has 0 fully saturated rings. The molecule has 0 aliphatic heterocycles. The van der Waals surface area contributed by atoms with E-state index in [1.165, 1.54) is 11.0 Å². The van der Waals surface area contributed by atoms with Crippen LogP contribution in [0.15, 0.2) is 42.7 Å². The van der Waals surface area contributed by atoms with E-state index in [4.69, 9.17) is 21.1 Å². The van der Waals surface area contributed by atoms with Crippen LogP contribution < -0.4 is 14.8 Å². The van der Waals surface area contributed by atoms with Gasteiger partial charge < -0.3 is 14.8 Å². The molecule has 0 atom stereocenters. The first-order valence-electron chi connectivity index (χ1n) is 8.86. The molecule has 1 N–H and O–H groups in total. The predicted octanol–water partition coefficient (Wildman–Crippen LogP) is 3.76. The molecule has 0 aliphatic rings. The van der Waals surface area contributed by atoms with Gasteiger partial charge in [-0.25, -0.2) is 4.68 Å². The second-order valence-corrected chi connectivity index (χ2v) is 6.23. The molecule has 1 aromatic heterocycles. The molecule has 3 rings (SSSR count). The molecule has 3 aromatic rings. The molecule has 146 valence electrons. The van der Waals surface area contributed by atoms with Gasteiger partial charge >= 0.3 is 0 Å². The van der Waals surface area contributed by atoms with Gasteiger partial charge in [-0.2, -0.15) is 0 Å².